The number of halogens is 1. The third-order valence-corrected chi connectivity index (χ3v) is 5.30. The van der Waals surface area contributed by atoms with Crippen LogP contribution in [0.4, 0.5) is 4.39 Å². The van der Waals surface area contributed by atoms with Gasteiger partial charge in [-0.3, -0.25) is 9.59 Å². The molecular formula is C17H18FN3O3S. The lowest BCUT2D eigenvalue weighted by Crippen LogP contribution is -2.56. The predicted octanol–water partition coefficient (Wildman–Crippen LogP) is 2.11. The van der Waals surface area contributed by atoms with Gasteiger partial charge in [-0.2, -0.15) is 0 Å². The molecule has 1 atom stereocenters. The molecule has 1 aromatic carbocycles. The molecule has 1 saturated heterocycles. The van der Waals surface area contributed by atoms with E-state index in [1.54, 1.807) is 18.2 Å². The van der Waals surface area contributed by atoms with Gasteiger partial charge in [0.15, 0.2) is 5.76 Å². The first-order valence-electron chi connectivity index (χ1n) is 7.79. The second kappa shape index (κ2) is 6.87. The second-order valence-corrected chi connectivity index (χ2v) is 7.90. The summed E-state index contributed by atoms with van der Waals surface area (Å²) in [6.07, 6.45) is 0. The van der Waals surface area contributed by atoms with Gasteiger partial charge in [0.1, 0.15) is 17.6 Å². The minimum absolute atomic E-state index is 0.140. The molecule has 1 aromatic heterocycles. The SMILES string of the molecule is CC1(C)SCC(C(=O)NCc2cc(-c3cccc(F)c3)no2)NC1=O. The molecule has 25 heavy (non-hydrogen) atoms. The Bertz CT molecular complexity index is 806. The van der Waals surface area contributed by atoms with Crippen molar-refractivity contribution in [3.8, 4) is 11.3 Å². The smallest absolute Gasteiger partial charge is 0.243 e. The molecular weight excluding hydrogens is 345 g/mol. The first kappa shape index (κ1) is 17.5. The number of rotatable bonds is 4. The van der Waals surface area contributed by atoms with Gasteiger partial charge in [-0.25, -0.2) is 4.39 Å². The van der Waals surface area contributed by atoms with Gasteiger partial charge in [0.25, 0.3) is 0 Å². The van der Waals surface area contributed by atoms with Crippen LogP contribution in [0.25, 0.3) is 11.3 Å². The average Bonchev–Trinajstić information content (AvgIpc) is 3.04. The van der Waals surface area contributed by atoms with Crippen molar-refractivity contribution < 1.29 is 18.5 Å². The third-order valence-electron chi connectivity index (χ3n) is 3.90. The molecule has 0 bridgehead atoms. The molecule has 132 valence electrons. The number of amides is 2. The Morgan fingerprint density at radius 1 is 1.48 bits per heavy atom. The molecule has 1 unspecified atom stereocenters. The van der Waals surface area contributed by atoms with Crippen molar-refractivity contribution in [3.05, 3.63) is 41.9 Å². The van der Waals surface area contributed by atoms with Crippen LogP contribution in [0.3, 0.4) is 0 Å². The van der Waals surface area contributed by atoms with Gasteiger partial charge >= 0.3 is 0 Å². The number of hydrogen-bond donors (Lipinski definition) is 2. The number of carbonyl (C=O) groups excluding carboxylic acids is 2. The molecule has 0 saturated carbocycles. The molecule has 2 aromatic rings. The summed E-state index contributed by atoms with van der Waals surface area (Å²) in [5.41, 5.74) is 1.09. The van der Waals surface area contributed by atoms with Crippen molar-refractivity contribution in [1.82, 2.24) is 15.8 Å². The number of benzene rings is 1. The van der Waals surface area contributed by atoms with Gasteiger partial charge in [-0.05, 0) is 26.0 Å². The first-order valence-corrected chi connectivity index (χ1v) is 8.78. The Kier molecular flexibility index (Phi) is 4.80. The van der Waals surface area contributed by atoms with E-state index in [2.05, 4.69) is 15.8 Å². The summed E-state index contributed by atoms with van der Waals surface area (Å²) < 4.78 is 17.9. The molecule has 2 heterocycles. The Labute approximate surface area is 148 Å². The van der Waals surface area contributed by atoms with Crippen molar-refractivity contribution >= 4 is 23.6 Å². The summed E-state index contributed by atoms with van der Waals surface area (Å²) in [4.78, 5) is 24.1. The fraction of sp³-hybridized carbons (Fsp3) is 0.353. The van der Waals surface area contributed by atoms with E-state index in [9.17, 15) is 14.0 Å². The van der Waals surface area contributed by atoms with Crippen molar-refractivity contribution in [2.75, 3.05) is 5.75 Å². The molecule has 1 fully saturated rings. The maximum atomic E-state index is 13.3. The van der Waals surface area contributed by atoms with Crippen LogP contribution in [-0.4, -0.2) is 33.5 Å². The number of thioether (sulfide) groups is 1. The molecule has 2 amide bonds. The molecule has 1 aliphatic heterocycles. The standard InChI is InChI=1S/C17H18FN3O3S/c1-17(2)16(23)20-14(9-25-17)15(22)19-8-12-7-13(21-24-12)10-4-3-5-11(18)6-10/h3-7,14H,8-9H2,1-2H3,(H,19,22)(H,20,23). The summed E-state index contributed by atoms with van der Waals surface area (Å²) in [6.45, 7) is 3.79. The maximum absolute atomic E-state index is 13.3. The van der Waals surface area contributed by atoms with Gasteiger partial charge in [0.05, 0.1) is 11.3 Å². The number of hydrogen-bond acceptors (Lipinski definition) is 5. The van der Waals surface area contributed by atoms with Crippen LogP contribution in [0.2, 0.25) is 0 Å². The van der Waals surface area contributed by atoms with Crippen LogP contribution in [0.5, 0.6) is 0 Å². The Balaban J connectivity index is 1.57. The highest BCUT2D eigenvalue weighted by atomic mass is 32.2. The number of nitrogens with one attached hydrogen (secondary N) is 2. The zero-order valence-corrected chi connectivity index (χ0v) is 14.7. The fourth-order valence-electron chi connectivity index (χ4n) is 2.35. The van der Waals surface area contributed by atoms with Crippen LogP contribution in [-0.2, 0) is 16.1 Å². The quantitative estimate of drug-likeness (QED) is 0.869. The summed E-state index contributed by atoms with van der Waals surface area (Å²) >= 11 is 1.45. The Hall–Kier alpha value is -2.35. The lowest BCUT2D eigenvalue weighted by molar-refractivity contribution is -0.129. The van der Waals surface area contributed by atoms with Gasteiger partial charge < -0.3 is 15.2 Å². The van der Waals surface area contributed by atoms with E-state index >= 15 is 0 Å². The third kappa shape index (κ3) is 4.01. The van der Waals surface area contributed by atoms with Crippen molar-refractivity contribution in [3.63, 3.8) is 0 Å². The molecule has 3 rings (SSSR count). The van der Waals surface area contributed by atoms with Crippen LogP contribution >= 0.6 is 11.8 Å². The van der Waals surface area contributed by atoms with E-state index in [1.807, 2.05) is 13.8 Å². The van der Waals surface area contributed by atoms with E-state index in [0.717, 1.165) is 0 Å². The maximum Gasteiger partial charge on any atom is 0.243 e. The Morgan fingerprint density at radius 2 is 2.28 bits per heavy atom. The molecule has 8 heteroatoms. The van der Waals surface area contributed by atoms with Crippen molar-refractivity contribution in [2.24, 2.45) is 0 Å². The highest BCUT2D eigenvalue weighted by Crippen LogP contribution is 2.29. The zero-order valence-electron chi connectivity index (χ0n) is 13.8. The summed E-state index contributed by atoms with van der Waals surface area (Å²) in [5.74, 6) is 0.166. The summed E-state index contributed by atoms with van der Waals surface area (Å²) in [7, 11) is 0. The minimum Gasteiger partial charge on any atom is -0.359 e. The van der Waals surface area contributed by atoms with E-state index in [-0.39, 0.29) is 24.2 Å². The van der Waals surface area contributed by atoms with Crippen molar-refractivity contribution in [2.45, 2.75) is 31.2 Å². The Morgan fingerprint density at radius 3 is 3.00 bits per heavy atom. The molecule has 0 radical (unpaired) electrons. The molecule has 1 aliphatic rings. The molecule has 0 aliphatic carbocycles. The monoisotopic (exact) mass is 363 g/mol. The minimum atomic E-state index is -0.573. The van der Waals surface area contributed by atoms with Gasteiger partial charge in [-0.1, -0.05) is 17.3 Å². The van der Waals surface area contributed by atoms with E-state index < -0.39 is 10.8 Å². The number of nitrogens with zero attached hydrogens (tertiary/aromatic N) is 1. The van der Waals surface area contributed by atoms with Gasteiger partial charge in [0, 0.05) is 17.4 Å². The lowest BCUT2D eigenvalue weighted by atomic mass is 10.1. The normalized spacial score (nSPS) is 19.3. The highest BCUT2D eigenvalue weighted by Gasteiger charge is 2.37. The number of aromatic nitrogens is 1. The van der Waals surface area contributed by atoms with Crippen molar-refractivity contribution in [1.29, 1.82) is 0 Å². The van der Waals surface area contributed by atoms with Crippen LogP contribution in [0.15, 0.2) is 34.9 Å². The van der Waals surface area contributed by atoms with Crippen LogP contribution in [0.1, 0.15) is 19.6 Å². The predicted molar refractivity (Wildman–Crippen MR) is 92.2 cm³/mol. The van der Waals surface area contributed by atoms with E-state index in [0.29, 0.717) is 22.8 Å². The van der Waals surface area contributed by atoms with Crippen LogP contribution in [0, 0.1) is 5.82 Å². The fourth-order valence-corrected chi connectivity index (χ4v) is 3.36. The van der Waals surface area contributed by atoms with E-state index in [4.69, 9.17) is 4.52 Å². The molecule has 2 N–H and O–H groups in total. The highest BCUT2D eigenvalue weighted by molar-refractivity contribution is 8.01. The first-order chi connectivity index (χ1) is 11.8. The topological polar surface area (TPSA) is 84.2 Å². The molecule has 6 nitrogen and oxygen atoms in total. The average molecular weight is 363 g/mol. The number of carbonyl (C=O) groups is 2. The van der Waals surface area contributed by atoms with Gasteiger partial charge in [-0.15, -0.1) is 11.8 Å². The second-order valence-electron chi connectivity index (χ2n) is 6.25. The largest absolute Gasteiger partial charge is 0.359 e. The zero-order chi connectivity index (χ0) is 18.0. The van der Waals surface area contributed by atoms with Gasteiger partial charge in [0.2, 0.25) is 11.8 Å². The van der Waals surface area contributed by atoms with Crippen LogP contribution < -0.4 is 10.6 Å². The lowest BCUT2D eigenvalue weighted by Gasteiger charge is -2.32. The summed E-state index contributed by atoms with van der Waals surface area (Å²) in [5, 5.41) is 9.32. The summed E-state index contributed by atoms with van der Waals surface area (Å²) in [6, 6.07) is 7.09. The van der Waals surface area contributed by atoms with E-state index in [1.165, 1.54) is 23.9 Å². The molecule has 0 spiro atoms.